The zero-order valence-electron chi connectivity index (χ0n) is 24.1. The summed E-state index contributed by atoms with van der Waals surface area (Å²) in [6.07, 6.45) is 1.97. The van der Waals surface area contributed by atoms with E-state index in [4.69, 9.17) is 37.4 Å². The average Bonchev–Trinajstić information content (AvgIpc) is 2.87. The van der Waals surface area contributed by atoms with Crippen molar-refractivity contribution >= 4 is 69.0 Å². The lowest BCUT2D eigenvalue weighted by Gasteiger charge is -2.42. The molecule has 0 saturated heterocycles. The third-order valence-electron chi connectivity index (χ3n) is 7.72. The predicted molar refractivity (Wildman–Crippen MR) is 170 cm³/mol. The molecule has 0 atom stereocenters. The Kier molecular flexibility index (Phi) is 8.46. The number of anilines is 1. The van der Waals surface area contributed by atoms with Crippen molar-refractivity contribution in [3.8, 4) is 11.5 Å². The number of ketones is 2. The second-order valence-corrected chi connectivity index (χ2v) is 14.6. The first-order valence-electron chi connectivity index (χ1n) is 13.6. The Morgan fingerprint density at radius 3 is 2.10 bits per heavy atom. The van der Waals surface area contributed by atoms with Gasteiger partial charge >= 0.3 is 0 Å². The van der Waals surface area contributed by atoms with Crippen LogP contribution in [0.25, 0.3) is 0 Å². The summed E-state index contributed by atoms with van der Waals surface area (Å²) in [5.41, 5.74) is 1.85. The number of carbonyl (C=O) groups is 3. The summed E-state index contributed by atoms with van der Waals surface area (Å²) in [6, 6.07) is 8.48. The highest BCUT2D eigenvalue weighted by Crippen LogP contribution is 2.54. The van der Waals surface area contributed by atoms with E-state index in [1.165, 1.54) is 7.11 Å². The molecule has 0 radical (unpaired) electrons. The highest BCUT2D eigenvalue weighted by molar-refractivity contribution is 14.1. The van der Waals surface area contributed by atoms with Crippen LogP contribution < -0.4 is 14.8 Å². The topological polar surface area (TPSA) is 90.9 Å². The molecule has 2 aliphatic carbocycles. The molecule has 0 bridgehead atoms. The number of amides is 1. The molecular formula is C32H32Cl2INO6. The maximum absolute atomic E-state index is 13.6. The number of hydrogen-bond acceptors (Lipinski definition) is 6. The fourth-order valence-corrected chi connectivity index (χ4v) is 7.04. The van der Waals surface area contributed by atoms with Gasteiger partial charge in [-0.25, -0.2) is 0 Å². The van der Waals surface area contributed by atoms with Crippen LogP contribution in [0.15, 0.2) is 53.0 Å². The minimum absolute atomic E-state index is 0.0105. The number of allylic oxidation sites excluding steroid dienone is 4. The van der Waals surface area contributed by atoms with Crippen LogP contribution in [0.2, 0.25) is 10.0 Å². The zero-order valence-corrected chi connectivity index (χ0v) is 27.8. The van der Waals surface area contributed by atoms with Gasteiger partial charge in [-0.3, -0.25) is 14.4 Å². The number of benzene rings is 2. The lowest BCUT2D eigenvalue weighted by molar-refractivity contribution is -0.120. The van der Waals surface area contributed by atoms with Gasteiger partial charge in [0.25, 0.3) is 5.91 Å². The Morgan fingerprint density at radius 2 is 1.55 bits per heavy atom. The zero-order chi connectivity index (χ0) is 30.6. The smallest absolute Gasteiger partial charge is 0.262 e. The maximum Gasteiger partial charge on any atom is 0.262 e. The Morgan fingerprint density at radius 1 is 0.952 bits per heavy atom. The summed E-state index contributed by atoms with van der Waals surface area (Å²) >= 11 is 14.1. The second kappa shape index (κ2) is 11.5. The Bertz CT molecular complexity index is 1520. The molecule has 5 rings (SSSR count). The van der Waals surface area contributed by atoms with E-state index < -0.39 is 11.8 Å². The van der Waals surface area contributed by atoms with E-state index in [9.17, 15) is 14.4 Å². The van der Waals surface area contributed by atoms with Crippen LogP contribution in [0.5, 0.6) is 11.5 Å². The van der Waals surface area contributed by atoms with Gasteiger partial charge in [0.2, 0.25) is 0 Å². The number of nitrogens with one attached hydrogen (secondary N) is 1. The van der Waals surface area contributed by atoms with Crippen LogP contribution in [-0.2, 0) is 19.1 Å². The molecule has 222 valence electrons. The van der Waals surface area contributed by atoms with Gasteiger partial charge in [0.1, 0.15) is 11.5 Å². The van der Waals surface area contributed by atoms with E-state index in [0.717, 1.165) is 5.56 Å². The van der Waals surface area contributed by atoms with E-state index in [0.29, 0.717) is 79.1 Å². The van der Waals surface area contributed by atoms with E-state index in [1.54, 1.807) is 24.3 Å². The van der Waals surface area contributed by atoms with E-state index >= 15 is 0 Å². The highest BCUT2D eigenvalue weighted by atomic mass is 127. The number of halogens is 3. The van der Waals surface area contributed by atoms with Crippen molar-refractivity contribution < 1.29 is 28.6 Å². The quantitative estimate of drug-likeness (QED) is 0.304. The highest BCUT2D eigenvalue weighted by Gasteiger charge is 2.48. The molecule has 0 unspecified atom stereocenters. The van der Waals surface area contributed by atoms with Gasteiger partial charge in [0, 0.05) is 48.4 Å². The predicted octanol–water partition coefficient (Wildman–Crippen LogP) is 8.02. The first kappa shape index (κ1) is 30.9. The first-order valence-corrected chi connectivity index (χ1v) is 15.5. The molecule has 7 nitrogen and oxygen atoms in total. The molecule has 2 aromatic rings. The molecule has 3 aliphatic rings. The minimum atomic E-state index is -0.564. The molecule has 2 aromatic carbocycles. The molecule has 1 heterocycles. The molecule has 0 saturated carbocycles. The van der Waals surface area contributed by atoms with Crippen molar-refractivity contribution in [1.29, 1.82) is 0 Å². The summed E-state index contributed by atoms with van der Waals surface area (Å²) in [4.78, 5) is 39.9. The Hall–Kier alpha value is -2.56. The van der Waals surface area contributed by atoms with Crippen LogP contribution in [0.4, 0.5) is 5.69 Å². The fraction of sp³-hybridized carbons (Fsp3) is 0.406. The van der Waals surface area contributed by atoms with Gasteiger partial charge in [-0.15, -0.1) is 0 Å². The summed E-state index contributed by atoms with van der Waals surface area (Å²) in [5.74, 6) is 1.10. The fourth-order valence-electron chi connectivity index (χ4n) is 5.96. The average molecular weight is 724 g/mol. The van der Waals surface area contributed by atoms with Crippen LogP contribution in [0.3, 0.4) is 0 Å². The van der Waals surface area contributed by atoms with E-state index in [1.807, 2.05) is 6.07 Å². The van der Waals surface area contributed by atoms with Crippen LogP contribution >= 0.6 is 45.8 Å². The van der Waals surface area contributed by atoms with Crippen molar-refractivity contribution in [2.45, 2.75) is 59.3 Å². The maximum atomic E-state index is 13.6. The molecule has 1 amide bonds. The van der Waals surface area contributed by atoms with E-state index in [2.05, 4.69) is 55.6 Å². The van der Waals surface area contributed by atoms with Gasteiger partial charge < -0.3 is 19.5 Å². The van der Waals surface area contributed by atoms with Gasteiger partial charge in [0.15, 0.2) is 29.7 Å². The minimum Gasteiger partial charge on any atom is -0.493 e. The monoisotopic (exact) mass is 723 g/mol. The summed E-state index contributed by atoms with van der Waals surface area (Å²) in [5, 5.41) is 3.45. The molecule has 1 aliphatic heterocycles. The molecular weight excluding hydrogens is 692 g/mol. The summed E-state index contributed by atoms with van der Waals surface area (Å²) in [7, 11) is 1.51. The molecule has 10 heteroatoms. The number of hydrogen-bond donors (Lipinski definition) is 1. The normalized spacial score (nSPS) is 19.6. The van der Waals surface area contributed by atoms with Crippen molar-refractivity contribution in [1.82, 2.24) is 0 Å². The number of ether oxygens (including phenoxy) is 3. The van der Waals surface area contributed by atoms with Crippen molar-refractivity contribution in [2.75, 3.05) is 19.0 Å². The van der Waals surface area contributed by atoms with Gasteiger partial charge in [-0.05, 0) is 69.3 Å². The standard InChI is InChI=1S/C32H32Cl2INO6/c1-31(2)11-21(37)28-24(13-31)42-25-14-32(3,4)12-22(38)29(25)27(28)16-8-20(35)30(23(9-16)40-5)41-15-26(39)36-17-6-7-18(33)19(34)10-17/h6-10,27H,11-15H2,1-5H3,(H,36,39). The molecule has 42 heavy (non-hydrogen) atoms. The van der Waals surface area contributed by atoms with Gasteiger partial charge in [-0.2, -0.15) is 0 Å². The summed E-state index contributed by atoms with van der Waals surface area (Å²) < 4.78 is 18.7. The Labute approximate surface area is 269 Å². The first-order chi connectivity index (χ1) is 19.7. The molecule has 0 spiro atoms. The molecule has 1 N–H and O–H groups in total. The second-order valence-electron chi connectivity index (χ2n) is 12.6. The van der Waals surface area contributed by atoms with Gasteiger partial charge in [-0.1, -0.05) is 50.9 Å². The molecule has 0 fully saturated rings. The number of carbonyl (C=O) groups excluding carboxylic acids is 3. The lowest BCUT2D eigenvalue weighted by Crippen LogP contribution is -2.37. The third kappa shape index (κ3) is 6.21. The number of rotatable bonds is 6. The van der Waals surface area contributed by atoms with Gasteiger partial charge in [0.05, 0.1) is 20.7 Å². The Balaban J connectivity index is 1.49. The number of Topliss-reactive ketones (excluding diaryl/α,β-unsaturated/α-hetero) is 2. The van der Waals surface area contributed by atoms with Crippen LogP contribution in [-0.4, -0.2) is 31.2 Å². The van der Waals surface area contributed by atoms with Crippen molar-refractivity contribution in [3.05, 3.63) is 72.2 Å². The van der Waals surface area contributed by atoms with Crippen LogP contribution in [0.1, 0.15) is 64.9 Å². The van der Waals surface area contributed by atoms with Crippen molar-refractivity contribution in [3.63, 3.8) is 0 Å². The largest absolute Gasteiger partial charge is 0.493 e. The number of methoxy groups -OCH3 is 1. The SMILES string of the molecule is COc1cc(C2C3=C(CC(C)(C)CC3=O)OC3=C2C(=O)CC(C)(C)C3)cc(I)c1OCC(=O)Nc1ccc(Cl)c(Cl)c1. The third-order valence-corrected chi connectivity index (χ3v) is 9.26. The molecule has 0 aromatic heterocycles. The summed E-state index contributed by atoms with van der Waals surface area (Å²) in [6.45, 7) is 7.95. The lowest BCUT2D eigenvalue weighted by atomic mass is 9.65. The van der Waals surface area contributed by atoms with Crippen LogP contribution in [0, 0.1) is 14.4 Å². The van der Waals surface area contributed by atoms with E-state index in [-0.39, 0.29) is 29.0 Å². The van der Waals surface area contributed by atoms with Crippen molar-refractivity contribution in [2.24, 2.45) is 10.8 Å².